The molecular formula is C23H21BrN2O4. The Morgan fingerprint density at radius 2 is 1.87 bits per heavy atom. The Kier molecular flexibility index (Phi) is 5.58. The molecule has 0 saturated carbocycles. The third-order valence-corrected chi connectivity index (χ3v) is 5.83. The van der Waals surface area contributed by atoms with Crippen LogP contribution in [0, 0.1) is 5.92 Å². The molecule has 0 radical (unpaired) electrons. The number of Topliss-reactive ketones (excluding diaryl/α,β-unsaturated/α-hetero) is 2. The van der Waals surface area contributed by atoms with Crippen LogP contribution in [0.3, 0.4) is 0 Å². The van der Waals surface area contributed by atoms with Gasteiger partial charge in [-0.1, -0.05) is 46.3 Å². The summed E-state index contributed by atoms with van der Waals surface area (Å²) in [6.07, 6.45) is 0. The van der Waals surface area contributed by atoms with E-state index in [0.717, 1.165) is 15.4 Å². The van der Waals surface area contributed by atoms with Gasteiger partial charge in [-0.05, 0) is 43.9 Å². The average Bonchev–Trinajstić information content (AvgIpc) is 3.26. The predicted octanol–water partition coefficient (Wildman–Crippen LogP) is 3.71. The van der Waals surface area contributed by atoms with Crippen LogP contribution in [0.5, 0.6) is 0 Å². The molecule has 2 atom stereocenters. The molecule has 1 amide bonds. The zero-order valence-electron chi connectivity index (χ0n) is 16.7. The van der Waals surface area contributed by atoms with E-state index in [1.54, 1.807) is 12.1 Å². The van der Waals surface area contributed by atoms with Crippen LogP contribution in [0.25, 0.3) is 11.0 Å². The van der Waals surface area contributed by atoms with Crippen LogP contribution in [0.2, 0.25) is 0 Å². The molecule has 1 aliphatic heterocycles. The van der Waals surface area contributed by atoms with E-state index in [1.807, 2.05) is 61.5 Å². The second kappa shape index (κ2) is 8.16. The number of nitrogens with zero attached hydrogens (tertiary/aromatic N) is 2. The number of carbonyl (C=O) groups is 3. The number of hydrogen-bond acceptors (Lipinski definition) is 5. The highest BCUT2D eigenvalue weighted by molar-refractivity contribution is 9.10. The molecule has 1 fully saturated rings. The molecule has 1 saturated heterocycles. The van der Waals surface area contributed by atoms with E-state index in [-0.39, 0.29) is 5.76 Å². The van der Waals surface area contributed by atoms with Crippen LogP contribution in [-0.2, 0) is 9.59 Å². The van der Waals surface area contributed by atoms with Crippen LogP contribution in [0.15, 0.2) is 63.5 Å². The molecule has 6 nitrogen and oxygen atoms in total. The lowest BCUT2D eigenvalue weighted by molar-refractivity contribution is -0.140. The van der Waals surface area contributed by atoms with E-state index in [0.29, 0.717) is 18.7 Å². The summed E-state index contributed by atoms with van der Waals surface area (Å²) >= 11 is 3.45. The number of ketones is 2. The predicted molar refractivity (Wildman–Crippen MR) is 116 cm³/mol. The quantitative estimate of drug-likeness (QED) is 0.313. The summed E-state index contributed by atoms with van der Waals surface area (Å²) in [5.74, 6) is -2.84. The number of benzene rings is 2. The fraction of sp³-hybridized carbons (Fsp3) is 0.261. The van der Waals surface area contributed by atoms with E-state index in [2.05, 4.69) is 15.9 Å². The zero-order chi connectivity index (χ0) is 21.4. The molecule has 4 rings (SSSR count). The molecule has 30 heavy (non-hydrogen) atoms. The van der Waals surface area contributed by atoms with Gasteiger partial charge in [-0.3, -0.25) is 14.4 Å². The van der Waals surface area contributed by atoms with Gasteiger partial charge in [-0.15, -0.1) is 0 Å². The Balaban J connectivity index is 1.77. The summed E-state index contributed by atoms with van der Waals surface area (Å²) in [7, 11) is 3.79. The van der Waals surface area contributed by atoms with Crippen molar-refractivity contribution in [1.82, 2.24) is 9.80 Å². The minimum absolute atomic E-state index is 0.0943. The van der Waals surface area contributed by atoms with Gasteiger partial charge >= 0.3 is 0 Å². The number of furan rings is 1. The molecule has 1 aliphatic rings. The van der Waals surface area contributed by atoms with Crippen LogP contribution in [0.1, 0.15) is 22.2 Å². The Morgan fingerprint density at radius 1 is 1.10 bits per heavy atom. The smallest absolute Gasteiger partial charge is 0.291 e. The second-order valence-electron chi connectivity index (χ2n) is 7.66. The van der Waals surface area contributed by atoms with Gasteiger partial charge in [0, 0.05) is 22.9 Å². The number of likely N-dealkylation sites (N-methyl/N-ethyl adjacent to an activating group) is 1. The van der Waals surface area contributed by atoms with Crippen LogP contribution in [0.4, 0.5) is 0 Å². The molecule has 3 aromatic rings. The van der Waals surface area contributed by atoms with Gasteiger partial charge in [-0.2, -0.15) is 0 Å². The second-order valence-corrected chi connectivity index (χ2v) is 8.57. The summed E-state index contributed by atoms with van der Waals surface area (Å²) in [5, 5.41) is 0.779. The van der Waals surface area contributed by atoms with Crippen molar-refractivity contribution in [2.24, 2.45) is 5.92 Å². The van der Waals surface area contributed by atoms with Crippen LogP contribution < -0.4 is 0 Å². The van der Waals surface area contributed by atoms with Crippen molar-refractivity contribution < 1.29 is 18.8 Å². The van der Waals surface area contributed by atoms with Crippen molar-refractivity contribution in [3.8, 4) is 0 Å². The third-order valence-electron chi connectivity index (χ3n) is 5.33. The number of likely N-dealkylation sites (tertiary alicyclic amines) is 1. The van der Waals surface area contributed by atoms with Gasteiger partial charge in [0.05, 0.1) is 6.04 Å². The lowest BCUT2D eigenvalue weighted by atomic mass is 9.88. The highest BCUT2D eigenvalue weighted by atomic mass is 79.9. The first-order valence-electron chi connectivity index (χ1n) is 9.64. The summed E-state index contributed by atoms with van der Waals surface area (Å²) < 4.78 is 6.53. The maximum Gasteiger partial charge on any atom is 0.291 e. The van der Waals surface area contributed by atoms with Gasteiger partial charge in [0.15, 0.2) is 5.76 Å². The number of amides is 1. The number of rotatable bonds is 6. The maximum absolute atomic E-state index is 13.4. The molecule has 7 heteroatoms. The first kappa shape index (κ1) is 20.5. The molecule has 2 unspecified atom stereocenters. The standard InChI is InChI=1S/C23H21BrN2O4/c1-25(2)10-11-26-20(15-7-5-8-16(24)12-15)19(22(28)23(26)29)21(27)18-13-14-6-3-4-9-17(14)30-18/h3-9,12-13,19-20H,10-11H2,1-2H3. The number of para-hydroxylation sites is 1. The first-order valence-corrected chi connectivity index (χ1v) is 10.4. The van der Waals surface area contributed by atoms with Gasteiger partial charge in [-0.25, -0.2) is 0 Å². The van der Waals surface area contributed by atoms with E-state index in [9.17, 15) is 14.4 Å². The largest absolute Gasteiger partial charge is 0.453 e. The van der Waals surface area contributed by atoms with E-state index >= 15 is 0 Å². The SMILES string of the molecule is CN(C)CCN1C(=O)C(=O)C(C(=O)c2cc3ccccc3o2)C1c1cccc(Br)c1. The summed E-state index contributed by atoms with van der Waals surface area (Å²) in [6, 6.07) is 15.6. The monoisotopic (exact) mass is 468 g/mol. The van der Waals surface area contributed by atoms with Crippen LogP contribution >= 0.6 is 15.9 Å². The zero-order valence-corrected chi connectivity index (χ0v) is 18.3. The number of fused-ring (bicyclic) bond motifs is 1. The topological polar surface area (TPSA) is 70.8 Å². The van der Waals surface area contributed by atoms with Gasteiger partial charge in [0.1, 0.15) is 11.5 Å². The van der Waals surface area contributed by atoms with Crippen LogP contribution in [-0.4, -0.2) is 54.5 Å². The highest BCUT2D eigenvalue weighted by Gasteiger charge is 2.52. The molecule has 2 aromatic carbocycles. The van der Waals surface area contributed by atoms with Crippen molar-refractivity contribution in [2.75, 3.05) is 27.2 Å². The molecule has 0 aliphatic carbocycles. The van der Waals surface area contributed by atoms with E-state index in [1.165, 1.54) is 4.90 Å². The Bertz CT molecular complexity index is 1100. The van der Waals surface area contributed by atoms with Gasteiger partial charge in [0.25, 0.3) is 5.91 Å². The van der Waals surface area contributed by atoms with Gasteiger partial charge < -0.3 is 14.2 Å². The maximum atomic E-state index is 13.4. The van der Waals surface area contributed by atoms with Crippen molar-refractivity contribution in [3.63, 3.8) is 0 Å². The highest BCUT2D eigenvalue weighted by Crippen LogP contribution is 2.39. The number of halogens is 1. The molecule has 0 bridgehead atoms. The molecule has 0 spiro atoms. The first-order chi connectivity index (χ1) is 14.4. The minimum atomic E-state index is -1.14. The lowest BCUT2D eigenvalue weighted by Gasteiger charge is -2.28. The molecule has 0 N–H and O–H groups in total. The fourth-order valence-corrected chi connectivity index (χ4v) is 4.27. The van der Waals surface area contributed by atoms with E-state index < -0.39 is 29.4 Å². The minimum Gasteiger partial charge on any atom is -0.453 e. The molecule has 154 valence electrons. The van der Waals surface area contributed by atoms with Crippen molar-refractivity contribution in [1.29, 1.82) is 0 Å². The molecular weight excluding hydrogens is 448 g/mol. The Hall–Kier alpha value is -2.77. The summed E-state index contributed by atoms with van der Waals surface area (Å²) in [4.78, 5) is 42.7. The van der Waals surface area contributed by atoms with Crippen molar-refractivity contribution >= 4 is 44.4 Å². The third kappa shape index (κ3) is 3.70. The lowest BCUT2D eigenvalue weighted by Crippen LogP contribution is -2.36. The molecule has 2 heterocycles. The van der Waals surface area contributed by atoms with Crippen molar-refractivity contribution in [3.05, 3.63) is 70.4 Å². The Morgan fingerprint density at radius 3 is 2.57 bits per heavy atom. The average molecular weight is 469 g/mol. The fourth-order valence-electron chi connectivity index (χ4n) is 3.85. The Labute approximate surface area is 182 Å². The summed E-state index contributed by atoms with van der Waals surface area (Å²) in [5.41, 5.74) is 1.30. The summed E-state index contributed by atoms with van der Waals surface area (Å²) in [6.45, 7) is 0.924. The number of carbonyl (C=O) groups excluding carboxylic acids is 3. The van der Waals surface area contributed by atoms with Crippen molar-refractivity contribution in [2.45, 2.75) is 6.04 Å². The normalized spacial score (nSPS) is 19.3. The molecule has 1 aromatic heterocycles. The van der Waals surface area contributed by atoms with Gasteiger partial charge in [0.2, 0.25) is 11.6 Å². The van der Waals surface area contributed by atoms with E-state index in [4.69, 9.17) is 4.42 Å². The number of hydrogen-bond donors (Lipinski definition) is 0.